The van der Waals surface area contributed by atoms with Gasteiger partial charge in [0.05, 0.1) is 5.52 Å². The number of nitrogens with zero attached hydrogens (tertiary/aromatic N) is 2. The fraction of sp³-hybridized carbons (Fsp3) is 0.438. The van der Waals surface area contributed by atoms with Gasteiger partial charge in [0.15, 0.2) is 5.43 Å². The Bertz CT molecular complexity index is 712. The maximum Gasteiger partial charge on any atom is 0.189 e. The number of pyridine rings is 1. The van der Waals surface area contributed by atoms with Gasteiger partial charge in [-0.05, 0) is 26.1 Å². The molecule has 1 aromatic carbocycles. The van der Waals surface area contributed by atoms with Crippen LogP contribution in [-0.4, -0.2) is 47.5 Å². The summed E-state index contributed by atoms with van der Waals surface area (Å²) in [6, 6.07) is 6.67. The van der Waals surface area contributed by atoms with Gasteiger partial charge < -0.3 is 9.88 Å². The molecule has 1 N–H and O–H groups in total. The molecule has 1 atom stereocenters. The van der Waals surface area contributed by atoms with Gasteiger partial charge in [0, 0.05) is 49.4 Å². The van der Waals surface area contributed by atoms with Gasteiger partial charge in [-0.2, -0.15) is 0 Å². The molecule has 4 nitrogen and oxygen atoms in total. The molecule has 1 aliphatic heterocycles. The quantitative estimate of drug-likeness (QED) is 0.916. The Balaban J connectivity index is 1.88. The first kappa shape index (κ1) is 14.2. The smallest absolute Gasteiger partial charge is 0.189 e. The van der Waals surface area contributed by atoms with Crippen LogP contribution in [-0.2, 0) is 6.54 Å². The lowest BCUT2D eigenvalue weighted by atomic mass is 10.1. The van der Waals surface area contributed by atoms with E-state index in [0.29, 0.717) is 23.5 Å². The number of hydrogen-bond acceptors (Lipinski definition) is 3. The van der Waals surface area contributed by atoms with Gasteiger partial charge in [0.2, 0.25) is 0 Å². The van der Waals surface area contributed by atoms with Crippen LogP contribution in [0.25, 0.3) is 10.9 Å². The van der Waals surface area contributed by atoms with E-state index in [4.69, 9.17) is 0 Å². The van der Waals surface area contributed by atoms with Crippen molar-refractivity contribution in [2.24, 2.45) is 0 Å². The van der Waals surface area contributed by atoms with Crippen molar-refractivity contribution in [3.63, 3.8) is 0 Å². The SMILES string of the molecule is C[C@H]1CN(Cc2cc(=O)c3cccc(F)c3[nH]2)CCN1C. The Morgan fingerprint density at radius 1 is 1.38 bits per heavy atom. The molecule has 2 heterocycles. The van der Waals surface area contributed by atoms with Gasteiger partial charge in [-0.15, -0.1) is 0 Å². The summed E-state index contributed by atoms with van der Waals surface area (Å²) in [5.74, 6) is -0.377. The summed E-state index contributed by atoms with van der Waals surface area (Å²) in [7, 11) is 2.12. The van der Waals surface area contributed by atoms with Crippen molar-refractivity contribution in [3.8, 4) is 0 Å². The van der Waals surface area contributed by atoms with Crippen LogP contribution in [0.1, 0.15) is 12.6 Å². The van der Waals surface area contributed by atoms with Crippen LogP contribution in [0.4, 0.5) is 4.39 Å². The molecule has 0 bridgehead atoms. The lowest BCUT2D eigenvalue weighted by Crippen LogP contribution is -2.49. The zero-order chi connectivity index (χ0) is 15.0. The van der Waals surface area contributed by atoms with Crippen LogP contribution in [0.3, 0.4) is 0 Å². The molecule has 2 aromatic rings. The minimum atomic E-state index is -0.377. The third-order valence-electron chi connectivity index (χ3n) is 4.31. The lowest BCUT2D eigenvalue weighted by molar-refractivity contribution is 0.0991. The largest absolute Gasteiger partial charge is 0.355 e. The third kappa shape index (κ3) is 2.84. The fourth-order valence-electron chi connectivity index (χ4n) is 2.88. The van der Waals surface area contributed by atoms with Gasteiger partial charge >= 0.3 is 0 Å². The maximum absolute atomic E-state index is 13.8. The van der Waals surface area contributed by atoms with Crippen LogP contribution >= 0.6 is 0 Å². The number of H-pyrrole nitrogens is 1. The molecule has 3 rings (SSSR count). The molecular weight excluding hydrogens is 269 g/mol. The topological polar surface area (TPSA) is 39.3 Å². The lowest BCUT2D eigenvalue weighted by Gasteiger charge is -2.37. The van der Waals surface area contributed by atoms with E-state index in [1.165, 1.54) is 6.07 Å². The fourth-order valence-corrected chi connectivity index (χ4v) is 2.88. The van der Waals surface area contributed by atoms with Gasteiger partial charge in [0.1, 0.15) is 5.82 Å². The molecule has 5 heteroatoms. The second-order valence-corrected chi connectivity index (χ2v) is 5.89. The third-order valence-corrected chi connectivity index (χ3v) is 4.31. The second kappa shape index (κ2) is 5.58. The van der Waals surface area contributed by atoms with E-state index in [-0.39, 0.29) is 11.2 Å². The number of piperazine rings is 1. The van der Waals surface area contributed by atoms with Gasteiger partial charge in [0.25, 0.3) is 0 Å². The zero-order valence-corrected chi connectivity index (χ0v) is 12.4. The average molecular weight is 289 g/mol. The van der Waals surface area contributed by atoms with Crippen molar-refractivity contribution in [3.05, 3.63) is 46.0 Å². The summed E-state index contributed by atoms with van der Waals surface area (Å²) in [5, 5.41) is 0.408. The van der Waals surface area contributed by atoms with Crippen molar-refractivity contribution < 1.29 is 4.39 Å². The number of para-hydroxylation sites is 1. The molecule has 0 amide bonds. The van der Waals surface area contributed by atoms with Crippen LogP contribution in [0, 0.1) is 5.82 Å². The summed E-state index contributed by atoms with van der Waals surface area (Å²) in [6.07, 6.45) is 0. The number of halogens is 1. The molecular formula is C16H20FN3O. The molecule has 0 spiro atoms. The highest BCUT2D eigenvalue weighted by atomic mass is 19.1. The van der Waals surface area contributed by atoms with Gasteiger partial charge in [-0.25, -0.2) is 4.39 Å². The molecule has 1 aliphatic rings. The first-order chi connectivity index (χ1) is 10.0. The Hall–Kier alpha value is -1.72. The molecule has 0 unspecified atom stereocenters. The van der Waals surface area contributed by atoms with E-state index in [2.05, 4.69) is 28.8 Å². The van der Waals surface area contributed by atoms with E-state index >= 15 is 0 Å². The predicted octanol–water partition coefficient (Wildman–Crippen LogP) is 1.80. The van der Waals surface area contributed by atoms with Crippen molar-refractivity contribution in [1.82, 2.24) is 14.8 Å². The van der Waals surface area contributed by atoms with Crippen molar-refractivity contribution in [1.29, 1.82) is 0 Å². The summed E-state index contributed by atoms with van der Waals surface area (Å²) < 4.78 is 13.8. The van der Waals surface area contributed by atoms with Crippen LogP contribution in [0.2, 0.25) is 0 Å². The molecule has 1 fully saturated rings. The highest BCUT2D eigenvalue weighted by Crippen LogP contribution is 2.15. The summed E-state index contributed by atoms with van der Waals surface area (Å²) in [4.78, 5) is 19.8. The summed E-state index contributed by atoms with van der Waals surface area (Å²) in [5.41, 5.74) is 0.956. The van der Waals surface area contributed by atoms with Crippen molar-refractivity contribution in [2.75, 3.05) is 26.7 Å². The number of benzene rings is 1. The monoisotopic (exact) mass is 289 g/mol. The van der Waals surface area contributed by atoms with Crippen molar-refractivity contribution >= 4 is 10.9 Å². The van der Waals surface area contributed by atoms with Crippen LogP contribution in [0.15, 0.2) is 29.1 Å². The molecule has 0 saturated carbocycles. The Kier molecular flexibility index (Phi) is 3.78. The molecule has 112 valence electrons. The number of fused-ring (bicyclic) bond motifs is 1. The number of aromatic nitrogens is 1. The average Bonchev–Trinajstić information content (AvgIpc) is 2.44. The Morgan fingerprint density at radius 3 is 2.95 bits per heavy atom. The maximum atomic E-state index is 13.8. The predicted molar refractivity (Wildman–Crippen MR) is 81.9 cm³/mol. The first-order valence-electron chi connectivity index (χ1n) is 7.27. The first-order valence-corrected chi connectivity index (χ1v) is 7.27. The Labute approximate surface area is 123 Å². The van der Waals surface area contributed by atoms with E-state index in [1.807, 2.05) is 0 Å². The van der Waals surface area contributed by atoms with E-state index in [1.54, 1.807) is 18.2 Å². The number of rotatable bonds is 2. The number of nitrogens with one attached hydrogen (secondary N) is 1. The summed E-state index contributed by atoms with van der Waals surface area (Å²) >= 11 is 0. The molecule has 0 aliphatic carbocycles. The van der Waals surface area contributed by atoms with Crippen molar-refractivity contribution in [2.45, 2.75) is 19.5 Å². The van der Waals surface area contributed by atoms with Crippen LogP contribution < -0.4 is 5.43 Å². The van der Waals surface area contributed by atoms with Gasteiger partial charge in [-0.3, -0.25) is 9.69 Å². The number of likely N-dealkylation sites (N-methyl/N-ethyl adjacent to an activating group) is 1. The number of aromatic amines is 1. The Morgan fingerprint density at radius 2 is 2.19 bits per heavy atom. The highest BCUT2D eigenvalue weighted by molar-refractivity contribution is 5.78. The standard InChI is InChI=1S/C16H20FN3O/c1-11-9-20(7-6-19(11)2)10-12-8-15(21)13-4-3-5-14(17)16(13)18-12/h3-5,8,11H,6-7,9-10H2,1-2H3,(H,18,21)/t11-/m0/s1. The summed E-state index contributed by atoms with van der Waals surface area (Å²) in [6.45, 7) is 5.76. The minimum Gasteiger partial charge on any atom is -0.355 e. The van der Waals surface area contributed by atoms with E-state index in [0.717, 1.165) is 25.3 Å². The zero-order valence-electron chi connectivity index (χ0n) is 12.4. The number of hydrogen-bond donors (Lipinski definition) is 1. The molecule has 1 aromatic heterocycles. The van der Waals surface area contributed by atoms with E-state index in [9.17, 15) is 9.18 Å². The molecule has 0 radical (unpaired) electrons. The molecule has 21 heavy (non-hydrogen) atoms. The molecule has 1 saturated heterocycles. The normalized spacial score (nSPS) is 21.0. The highest BCUT2D eigenvalue weighted by Gasteiger charge is 2.21. The van der Waals surface area contributed by atoms with E-state index < -0.39 is 0 Å². The van der Waals surface area contributed by atoms with Crippen LogP contribution in [0.5, 0.6) is 0 Å². The minimum absolute atomic E-state index is 0.125. The second-order valence-electron chi connectivity index (χ2n) is 5.89. The van der Waals surface area contributed by atoms with Gasteiger partial charge in [-0.1, -0.05) is 6.07 Å².